The Bertz CT molecular complexity index is 1060. The SMILES string of the molecule is CC1(C)CCN(c2ccc(=O)n(CC(=O)Nc3ccn4ncnc4c3)n2)CC1. The first-order valence-electron chi connectivity index (χ1n) is 9.32. The second kappa shape index (κ2) is 7.06. The van der Waals surface area contributed by atoms with Gasteiger partial charge < -0.3 is 10.2 Å². The van der Waals surface area contributed by atoms with Gasteiger partial charge in [-0.05, 0) is 30.4 Å². The largest absolute Gasteiger partial charge is 0.355 e. The van der Waals surface area contributed by atoms with Crippen LogP contribution in [-0.4, -0.2) is 43.4 Å². The molecule has 1 saturated heterocycles. The van der Waals surface area contributed by atoms with Crippen molar-refractivity contribution in [1.82, 2.24) is 24.4 Å². The molecule has 0 aliphatic carbocycles. The number of nitrogens with zero attached hydrogens (tertiary/aromatic N) is 6. The second-order valence-corrected chi connectivity index (χ2v) is 7.87. The number of aromatic nitrogens is 5. The number of carbonyl (C=O) groups excluding carboxylic acids is 1. The minimum absolute atomic E-state index is 0.149. The smallest absolute Gasteiger partial charge is 0.267 e. The first-order valence-corrected chi connectivity index (χ1v) is 9.32. The van der Waals surface area contributed by atoms with Crippen molar-refractivity contribution in [2.75, 3.05) is 23.3 Å². The van der Waals surface area contributed by atoms with Crippen molar-refractivity contribution < 1.29 is 4.79 Å². The molecule has 0 aromatic carbocycles. The van der Waals surface area contributed by atoms with Crippen LogP contribution < -0.4 is 15.8 Å². The molecule has 1 N–H and O–H groups in total. The van der Waals surface area contributed by atoms with E-state index in [9.17, 15) is 9.59 Å². The lowest BCUT2D eigenvalue weighted by Crippen LogP contribution is -2.39. The third-order valence-corrected chi connectivity index (χ3v) is 5.15. The average Bonchev–Trinajstić information content (AvgIpc) is 3.11. The number of amides is 1. The van der Waals surface area contributed by atoms with Crippen molar-refractivity contribution in [2.24, 2.45) is 5.41 Å². The number of hydrogen-bond acceptors (Lipinski definition) is 6. The summed E-state index contributed by atoms with van der Waals surface area (Å²) < 4.78 is 2.81. The number of pyridine rings is 1. The topological polar surface area (TPSA) is 97.4 Å². The van der Waals surface area contributed by atoms with Crippen molar-refractivity contribution in [2.45, 2.75) is 33.2 Å². The van der Waals surface area contributed by atoms with Gasteiger partial charge in [0, 0.05) is 37.1 Å². The monoisotopic (exact) mass is 381 g/mol. The van der Waals surface area contributed by atoms with Gasteiger partial charge in [0.1, 0.15) is 18.7 Å². The maximum atomic E-state index is 12.4. The van der Waals surface area contributed by atoms with Crippen LogP contribution in [0, 0.1) is 5.41 Å². The van der Waals surface area contributed by atoms with Gasteiger partial charge in [0.2, 0.25) is 5.91 Å². The Hall–Kier alpha value is -3.23. The molecule has 0 atom stereocenters. The van der Waals surface area contributed by atoms with Crippen LogP contribution in [0.15, 0.2) is 41.6 Å². The standard InChI is InChI=1S/C19H23N7O2/c1-19(2)6-9-24(10-7-19)15-3-4-18(28)26(23-15)12-17(27)22-14-5-8-25-16(11-14)20-13-21-25/h3-5,8,11,13H,6-7,9-10,12H2,1-2H3,(H,22,27). The molecular weight excluding hydrogens is 358 g/mol. The van der Waals surface area contributed by atoms with Gasteiger partial charge >= 0.3 is 0 Å². The lowest BCUT2D eigenvalue weighted by atomic mass is 9.83. The number of fused-ring (bicyclic) bond motifs is 1. The minimum atomic E-state index is -0.324. The van der Waals surface area contributed by atoms with Crippen LogP contribution >= 0.6 is 0 Å². The molecule has 9 nitrogen and oxygen atoms in total. The fourth-order valence-electron chi connectivity index (χ4n) is 3.29. The molecule has 28 heavy (non-hydrogen) atoms. The Morgan fingerprint density at radius 1 is 1.21 bits per heavy atom. The van der Waals surface area contributed by atoms with Gasteiger partial charge in [-0.25, -0.2) is 14.2 Å². The summed E-state index contributed by atoms with van der Waals surface area (Å²) in [4.78, 5) is 30.8. The highest BCUT2D eigenvalue weighted by molar-refractivity contribution is 5.90. The maximum absolute atomic E-state index is 12.4. The zero-order valence-corrected chi connectivity index (χ0v) is 16.0. The quantitative estimate of drug-likeness (QED) is 0.736. The summed E-state index contributed by atoms with van der Waals surface area (Å²) in [6, 6.07) is 6.64. The Morgan fingerprint density at radius 2 is 2.00 bits per heavy atom. The van der Waals surface area contributed by atoms with E-state index in [1.54, 1.807) is 28.9 Å². The number of anilines is 2. The molecule has 1 fully saturated rings. The molecule has 0 spiro atoms. The molecule has 1 aliphatic heterocycles. The summed E-state index contributed by atoms with van der Waals surface area (Å²) in [5.41, 5.74) is 1.25. The van der Waals surface area contributed by atoms with E-state index < -0.39 is 0 Å². The van der Waals surface area contributed by atoms with Gasteiger partial charge in [-0.1, -0.05) is 13.8 Å². The molecule has 4 heterocycles. The normalized spacial score (nSPS) is 16.3. The van der Waals surface area contributed by atoms with Crippen LogP contribution in [0.1, 0.15) is 26.7 Å². The molecule has 0 unspecified atom stereocenters. The number of nitrogens with one attached hydrogen (secondary N) is 1. The number of carbonyl (C=O) groups is 1. The molecule has 3 aromatic rings. The van der Waals surface area contributed by atoms with E-state index in [2.05, 4.69) is 39.2 Å². The summed E-state index contributed by atoms with van der Waals surface area (Å²) in [6.07, 6.45) is 5.29. The number of piperidine rings is 1. The number of rotatable bonds is 4. The van der Waals surface area contributed by atoms with Crippen LogP contribution in [0.25, 0.3) is 5.65 Å². The van der Waals surface area contributed by atoms with E-state index >= 15 is 0 Å². The van der Waals surface area contributed by atoms with E-state index in [1.807, 2.05) is 0 Å². The summed E-state index contributed by atoms with van der Waals surface area (Å²) >= 11 is 0. The fourth-order valence-corrected chi connectivity index (χ4v) is 3.29. The van der Waals surface area contributed by atoms with Crippen LogP contribution in [0.5, 0.6) is 0 Å². The molecule has 9 heteroatoms. The van der Waals surface area contributed by atoms with E-state index in [-0.39, 0.29) is 18.0 Å². The van der Waals surface area contributed by atoms with Crippen LogP contribution in [0.4, 0.5) is 11.5 Å². The fraction of sp³-hybridized carbons (Fsp3) is 0.421. The van der Waals surface area contributed by atoms with Crippen molar-refractivity contribution in [3.05, 3.63) is 47.1 Å². The first kappa shape index (κ1) is 18.1. The van der Waals surface area contributed by atoms with E-state index in [4.69, 9.17) is 0 Å². The molecule has 4 rings (SSSR count). The zero-order valence-electron chi connectivity index (χ0n) is 16.0. The second-order valence-electron chi connectivity index (χ2n) is 7.87. The molecule has 1 aliphatic rings. The van der Waals surface area contributed by atoms with Gasteiger partial charge in [0.25, 0.3) is 5.56 Å². The molecule has 146 valence electrons. The van der Waals surface area contributed by atoms with Crippen molar-refractivity contribution in [3.63, 3.8) is 0 Å². The highest BCUT2D eigenvalue weighted by atomic mass is 16.2. The van der Waals surface area contributed by atoms with Gasteiger partial charge in [0.05, 0.1) is 0 Å². The molecule has 3 aromatic heterocycles. The van der Waals surface area contributed by atoms with E-state index in [1.165, 1.54) is 17.1 Å². The Labute approximate surface area is 162 Å². The Kier molecular flexibility index (Phi) is 4.58. The minimum Gasteiger partial charge on any atom is -0.355 e. The predicted octanol–water partition coefficient (Wildman–Crippen LogP) is 1.55. The molecular formula is C19H23N7O2. The lowest BCUT2D eigenvalue weighted by molar-refractivity contribution is -0.117. The van der Waals surface area contributed by atoms with E-state index in [0.717, 1.165) is 31.7 Å². The molecule has 0 radical (unpaired) electrons. The molecule has 0 bridgehead atoms. The summed E-state index contributed by atoms with van der Waals surface area (Å²) in [5, 5.41) is 11.2. The molecule has 0 saturated carbocycles. The van der Waals surface area contributed by atoms with Gasteiger partial charge in [0.15, 0.2) is 5.65 Å². The van der Waals surface area contributed by atoms with Crippen LogP contribution in [-0.2, 0) is 11.3 Å². The Morgan fingerprint density at radius 3 is 2.79 bits per heavy atom. The Balaban J connectivity index is 1.46. The summed E-state index contributed by atoms with van der Waals surface area (Å²) in [7, 11) is 0. The number of hydrogen-bond donors (Lipinski definition) is 1. The highest BCUT2D eigenvalue weighted by Crippen LogP contribution is 2.31. The van der Waals surface area contributed by atoms with Crippen LogP contribution in [0.3, 0.4) is 0 Å². The van der Waals surface area contributed by atoms with Gasteiger partial charge in [-0.3, -0.25) is 9.59 Å². The molecule has 1 amide bonds. The summed E-state index contributed by atoms with van der Waals surface area (Å²) in [6.45, 7) is 6.16. The maximum Gasteiger partial charge on any atom is 0.267 e. The van der Waals surface area contributed by atoms with Gasteiger partial charge in [-0.2, -0.15) is 10.2 Å². The van der Waals surface area contributed by atoms with Crippen molar-refractivity contribution in [1.29, 1.82) is 0 Å². The highest BCUT2D eigenvalue weighted by Gasteiger charge is 2.26. The van der Waals surface area contributed by atoms with E-state index in [0.29, 0.717) is 16.7 Å². The summed E-state index contributed by atoms with van der Waals surface area (Å²) in [5.74, 6) is 0.406. The third kappa shape index (κ3) is 3.88. The first-order chi connectivity index (χ1) is 13.4. The predicted molar refractivity (Wildman–Crippen MR) is 105 cm³/mol. The zero-order chi connectivity index (χ0) is 19.7. The van der Waals surface area contributed by atoms with Crippen LogP contribution in [0.2, 0.25) is 0 Å². The van der Waals surface area contributed by atoms with Crippen molar-refractivity contribution >= 4 is 23.1 Å². The van der Waals surface area contributed by atoms with Crippen molar-refractivity contribution in [3.8, 4) is 0 Å². The third-order valence-electron chi connectivity index (χ3n) is 5.15. The average molecular weight is 381 g/mol. The van der Waals surface area contributed by atoms with Gasteiger partial charge in [-0.15, -0.1) is 0 Å². The lowest BCUT2D eigenvalue weighted by Gasteiger charge is -2.37.